The molecule has 1 heterocycles. The number of thiazole rings is 1. The molecule has 1 aromatic heterocycles. The van der Waals surface area contributed by atoms with Gasteiger partial charge >= 0.3 is 5.97 Å². The summed E-state index contributed by atoms with van der Waals surface area (Å²) in [5.74, 6) is -1.50. The second-order valence-electron chi connectivity index (χ2n) is 8.05. The molecule has 1 saturated carbocycles. The van der Waals surface area contributed by atoms with Crippen molar-refractivity contribution in [3.05, 3.63) is 42.5 Å². The number of hydrogen-bond acceptors (Lipinski definition) is 7. The van der Waals surface area contributed by atoms with E-state index in [-0.39, 0.29) is 17.6 Å². The molecule has 3 aromatic rings. The van der Waals surface area contributed by atoms with Crippen molar-refractivity contribution >= 4 is 62.5 Å². The number of nitrogens with one attached hydrogen (secondary N) is 2. The molecule has 0 aliphatic heterocycles. The van der Waals surface area contributed by atoms with Gasteiger partial charge in [0.25, 0.3) is 0 Å². The van der Waals surface area contributed by atoms with Crippen molar-refractivity contribution in [1.82, 2.24) is 4.98 Å². The Morgan fingerprint density at radius 1 is 1.06 bits per heavy atom. The van der Waals surface area contributed by atoms with E-state index in [1.54, 1.807) is 37.4 Å². The maximum atomic E-state index is 12.7. The molecule has 1 fully saturated rings. The first kappa shape index (κ1) is 24.0. The minimum absolute atomic E-state index is 0.136. The van der Waals surface area contributed by atoms with Crippen molar-refractivity contribution < 1.29 is 24.2 Å². The van der Waals surface area contributed by atoms with Gasteiger partial charge in [-0.15, -0.1) is 11.3 Å². The standard InChI is InChI=1S/C24H25N3O5S2/c1-32-16-9-6-14(7-10-16)25-21(28)13-33-24-27-19-11-8-15(12-20(19)34-24)26-22(29)17-4-2-3-5-18(17)23(30)31/h6-12,17-18H,2-5,13H2,1H3,(H,25,28)(H,26,29)(H,30,31)/t17-,18-/m0/s1. The molecular weight excluding hydrogens is 474 g/mol. The highest BCUT2D eigenvalue weighted by Crippen LogP contribution is 2.33. The molecular formula is C24H25N3O5S2. The Bertz CT molecular complexity index is 1200. The molecule has 0 saturated heterocycles. The second kappa shape index (κ2) is 10.9. The molecule has 0 radical (unpaired) electrons. The summed E-state index contributed by atoms with van der Waals surface area (Å²) in [6.45, 7) is 0. The predicted octanol–water partition coefficient (Wildman–Crippen LogP) is 4.87. The van der Waals surface area contributed by atoms with Gasteiger partial charge in [-0.3, -0.25) is 14.4 Å². The van der Waals surface area contributed by atoms with Gasteiger partial charge in [-0.25, -0.2) is 4.98 Å². The van der Waals surface area contributed by atoms with Gasteiger partial charge in [0.1, 0.15) is 5.75 Å². The molecule has 0 unspecified atom stereocenters. The number of aliphatic carboxylic acids is 1. The summed E-state index contributed by atoms with van der Waals surface area (Å²) in [6.07, 6.45) is 2.83. The fraction of sp³-hybridized carbons (Fsp3) is 0.333. The predicted molar refractivity (Wildman–Crippen MR) is 134 cm³/mol. The summed E-state index contributed by atoms with van der Waals surface area (Å²) in [6, 6.07) is 12.5. The first-order valence-electron chi connectivity index (χ1n) is 10.9. The van der Waals surface area contributed by atoms with Crippen molar-refractivity contribution in [2.75, 3.05) is 23.5 Å². The van der Waals surface area contributed by atoms with E-state index in [9.17, 15) is 19.5 Å². The van der Waals surface area contributed by atoms with Crippen LogP contribution in [0.2, 0.25) is 0 Å². The molecule has 2 aromatic carbocycles. The van der Waals surface area contributed by atoms with Crippen molar-refractivity contribution in [3.8, 4) is 5.75 Å². The maximum absolute atomic E-state index is 12.7. The number of benzene rings is 2. The van der Waals surface area contributed by atoms with Crippen molar-refractivity contribution in [1.29, 1.82) is 0 Å². The number of hydrogen-bond donors (Lipinski definition) is 3. The lowest BCUT2D eigenvalue weighted by molar-refractivity contribution is -0.147. The first-order chi connectivity index (χ1) is 16.4. The van der Waals surface area contributed by atoms with Crippen LogP contribution < -0.4 is 15.4 Å². The topological polar surface area (TPSA) is 118 Å². The van der Waals surface area contributed by atoms with Crippen molar-refractivity contribution in [2.45, 2.75) is 30.0 Å². The zero-order valence-corrected chi connectivity index (χ0v) is 20.2. The van der Waals surface area contributed by atoms with Crippen molar-refractivity contribution in [2.24, 2.45) is 11.8 Å². The molecule has 0 spiro atoms. The summed E-state index contributed by atoms with van der Waals surface area (Å²) >= 11 is 2.79. The number of carbonyl (C=O) groups excluding carboxylic acids is 2. The number of anilines is 2. The summed E-state index contributed by atoms with van der Waals surface area (Å²) in [5.41, 5.74) is 2.09. The van der Waals surface area contributed by atoms with Crippen LogP contribution in [0.1, 0.15) is 25.7 Å². The minimum atomic E-state index is -0.907. The zero-order chi connectivity index (χ0) is 24.1. The number of amides is 2. The Morgan fingerprint density at radius 3 is 2.47 bits per heavy atom. The van der Waals surface area contributed by atoms with Gasteiger partial charge in [-0.05, 0) is 55.3 Å². The van der Waals surface area contributed by atoms with E-state index < -0.39 is 17.8 Å². The minimum Gasteiger partial charge on any atom is -0.497 e. The third-order valence-corrected chi connectivity index (χ3v) is 7.92. The molecule has 8 nitrogen and oxygen atoms in total. The molecule has 2 amide bonds. The Labute approximate surface area is 205 Å². The number of ether oxygens (including phenoxy) is 1. The van der Waals surface area contributed by atoms with E-state index >= 15 is 0 Å². The summed E-state index contributed by atoms with van der Waals surface area (Å²) in [7, 11) is 1.59. The normalized spacial score (nSPS) is 17.8. The lowest BCUT2D eigenvalue weighted by Crippen LogP contribution is -2.36. The fourth-order valence-corrected chi connectivity index (χ4v) is 5.92. The number of thioether (sulfide) groups is 1. The van der Waals surface area contributed by atoms with E-state index in [1.165, 1.54) is 23.1 Å². The number of methoxy groups -OCH3 is 1. The average Bonchev–Trinajstić information content (AvgIpc) is 3.25. The summed E-state index contributed by atoms with van der Waals surface area (Å²) in [4.78, 5) is 41.1. The quantitative estimate of drug-likeness (QED) is 0.379. The largest absolute Gasteiger partial charge is 0.497 e. The average molecular weight is 500 g/mol. The van der Waals surface area contributed by atoms with E-state index in [0.29, 0.717) is 24.2 Å². The number of fused-ring (bicyclic) bond motifs is 1. The van der Waals surface area contributed by atoms with Gasteiger partial charge in [0, 0.05) is 11.4 Å². The molecule has 178 valence electrons. The van der Waals surface area contributed by atoms with E-state index in [0.717, 1.165) is 33.1 Å². The molecule has 1 aliphatic carbocycles. The highest BCUT2D eigenvalue weighted by atomic mass is 32.2. The monoisotopic (exact) mass is 499 g/mol. The highest BCUT2D eigenvalue weighted by molar-refractivity contribution is 8.01. The smallest absolute Gasteiger partial charge is 0.307 e. The van der Waals surface area contributed by atoms with Crippen LogP contribution in [0.5, 0.6) is 5.75 Å². The van der Waals surface area contributed by atoms with Crippen LogP contribution in [0, 0.1) is 11.8 Å². The third kappa shape index (κ3) is 5.87. The van der Waals surface area contributed by atoms with Crippen LogP contribution in [-0.4, -0.2) is 40.7 Å². The van der Waals surface area contributed by atoms with Gasteiger partial charge in [-0.1, -0.05) is 24.6 Å². The van der Waals surface area contributed by atoms with Gasteiger partial charge in [0.2, 0.25) is 11.8 Å². The van der Waals surface area contributed by atoms with Crippen LogP contribution in [-0.2, 0) is 14.4 Å². The Balaban J connectivity index is 1.35. The number of aromatic nitrogens is 1. The molecule has 4 rings (SSSR count). The van der Waals surface area contributed by atoms with Gasteiger partial charge in [-0.2, -0.15) is 0 Å². The SMILES string of the molecule is COc1ccc(NC(=O)CSc2nc3ccc(NC(=O)[C@H]4CCCC[C@@H]4C(=O)O)cc3s2)cc1. The molecule has 1 aliphatic rings. The van der Waals surface area contributed by atoms with Gasteiger partial charge in [0.05, 0.1) is 34.9 Å². The number of nitrogens with zero attached hydrogens (tertiary/aromatic N) is 1. The van der Waals surface area contributed by atoms with Crippen LogP contribution in [0.3, 0.4) is 0 Å². The van der Waals surface area contributed by atoms with Gasteiger partial charge in [0.15, 0.2) is 4.34 Å². The lowest BCUT2D eigenvalue weighted by Gasteiger charge is -2.27. The Kier molecular flexibility index (Phi) is 7.69. The second-order valence-corrected chi connectivity index (χ2v) is 10.3. The van der Waals surface area contributed by atoms with Crippen LogP contribution in [0.4, 0.5) is 11.4 Å². The number of carboxylic acids is 1. The Morgan fingerprint density at radius 2 is 1.76 bits per heavy atom. The van der Waals surface area contributed by atoms with E-state index in [1.807, 2.05) is 12.1 Å². The molecule has 2 atom stereocenters. The van der Waals surface area contributed by atoms with E-state index in [4.69, 9.17) is 4.74 Å². The number of carboxylic acid groups (broad SMARTS) is 1. The zero-order valence-electron chi connectivity index (χ0n) is 18.6. The molecule has 0 bridgehead atoms. The first-order valence-corrected chi connectivity index (χ1v) is 12.7. The Hall–Kier alpha value is -3.11. The summed E-state index contributed by atoms with van der Waals surface area (Å²) in [5, 5.41) is 15.2. The van der Waals surface area contributed by atoms with E-state index in [2.05, 4.69) is 15.6 Å². The number of carbonyl (C=O) groups is 3. The lowest BCUT2D eigenvalue weighted by atomic mass is 9.78. The molecule has 3 N–H and O–H groups in total. The third-order valence-electron chi connectivity index (χ3n) is 5.76. The van der Waals surface area contributed by atoms with Crippen LogP contribution >= 0.6 is 23.1 Å². The van der Waals surface area contributed by atoms with Crippen LogP contribution in [0.25, 0.3) is 10.2 Å². The fourth-order valence-electron chi connectivity index (χ4n) is 4.02. The van der Waals surface area contributed by atoms with Gasteiger partial charge < -0.3 is 20.5 Å². The van der Waals surface area contributed by atoms with Crippen molar-refractivity contribution in [3.63, 3.8) is 0 Å². The highest BCUT2D eigenvalue weighted by Gasteiger charge is 2.35. The maximum Gasteiger partial charge on any atom is 0.307 e. The molecule has 10 heteroatoms. The summed E-state index contributed by atoms with van der Waals surface area (Å²) < 4.78 is 6.75. The molecule has 34 heavy (non-hydrogen) atoms. The van der Waals surface area contributed by atoms with Crippen LogP contribution in [0.15, 0.2) is 46.8 Å². The number of rotatable bonds is 8.